The molecule has 1 fully saturated rings. The van der Waals surface area contributed by atoms with E-state index < -0.39 is 0 Å². The van der Waals surface area contributed by atoms with E-state index in [1.165, 1.54) is 37.6 Å². The van der Waals surface area contributed by atoms with E-state index in [1.54, 1.807) is 12.3 Å². The van der Waals surface area contributed by atoms with Crippen molar-refractivity contribution in [1.82, 2.24) is 14.5 Å². The lowest BCUT2D eigenvalue weighted by Crippen LogP contribution is -2.26. The summed E-state index contributed by atoms with van der Waals surface area (Å²) in [6.07, 6.45) is 11.9. The smallest absolute Gasteiger partial charge is 0.141 e. The van der Waals surface area contributed by atoms with E-state index in [0.717, 1.165) is 0 Å². The topological polar surface area (TPSA) is 60.2 Å². The quantitative estimate of drug-likeness (QED) is 0.908. The number of ether oxygens (including phenoxy) is 1. The Morgan fingerprint density at radius 2 is 2.04 bits per heavy atom. The van der Waals surface area contributed by atoms with Crippen molar-refractivity contribution in [2.24, 2.45) is 5.92 Å². The van der Waals surface area contributed by atoms with E-state index in [-0.39, 0.29) is 5.75 Å². The van der Waals surface area contributed by atoms with Gasteiger partial charge in [-0.1, -0.05) is 12.8 Å². The molecule has 2 aromatic rings. The van der Waals surface area contributed by atoms with Gasteiger partial charge in [-0.15, -0.1) is 0 Å². The van der Waals surface area contributed by atoms with Crippen molar-refractivity contribution in [3.63, 3.8) is 0 Å². The molecule has 2 unspecified atom stereocenters. The van der Waals surface area contributed by atoms with Crippen molar-refractivity contribution < 1.29 is 9.84 Å². The van der Waals surface area contributed by atoms with Crippen LogP contribution in [0.5, 0.6) is 11.5 Å². The Hall–Kier alpha value is -2.04. The number of rotatable bonds is 5. The Morgan fingerprint density at radius 3 is 2.83 bits per heavy atom. The number of hydrogen-bond donors (Lipinski definition) is 1. The van der Waals surface area contributed by atoms with Crippen molar-refractivity contribution in [2.45, 2.75) is 51.5 Å². The number of nitrogens with zero attached hydrogens (tertiary/aromatic N) is 3. The molecular formula is C18H25N3O2. The van der Waals surface area contributed by atoms with Gasteiger partial charge in [0, 0.05) is 35.8 Å². The molecule has 23 heavy (non-hydrogen) atoms. The fourth-order valence-corrected chi connectivity index (χ4v) is 3.52. The summed E-state index contributed by atoms with van der Waals surface area (Å²) < 4.78 is 8.18. The summed E-state index contributed by atoms with van der Waals surface area (Å²) in [5.41, 5.74) is 1.32. The number of aromatic hydroxyl groups is 1. The van der Waals surface area contributed by atoms with Crippen LogP contribution >= 0.6 is 0 Å². The molecule has 0 bridgehead atoms. The maximum absolute atomic E-state index is 9.50. The van der Waals surface area contributed by atoms with E-state index in [0.29, 0.717) is 30.2 Å². The molecule has 1 aliphatic rings. The molecule has 5 nitrogen and oxygen atoms in total. The fourth-order valence-electron chi connectivity index (χ4n) is 3.52. The average molecular weight is 315 g/mol. The summed E-state index contributed by atoms with van der Waals surface area (Å²) in [7, 11) is 0. The Bertz CT molecular complexity index is 639. The van der Waals surface area contributed by atoms with Crippen molar-refractivity contribution in [2.75, 3.05) is 6.61 Å². The molecule has 2 heterocycles. The van der Waals surface area contributed by atoms with Gasteiger partial charge in [0.1, 0.15) is 11.5 Å². The normalized spacial score (nSPS) is 21.5. The molecule has 3 rings (SSSR count). The predicted molar refractivity (Wildman–Crippen MR) is 88.7 cm³/mol. The second-order valence-corrected chi connectivity index (χ2v) is 6.66. The first kappa shape index (κ1) is 15.8. The molecule has 0 amide bonds. The first-order valence-corrected chi connectivity index (χ1v) is 8.43. The van der Waals surface area contributed by atoms with Crippen molar-refractivity contribution in [1.29, 1.82) is 0 Å². The predicted octanol–water partition coefficient (Wildman–Crippen LogP) is 3.92. The van der Waals surface area contributed by atoms with Crippen molar-refractivity contribution in [3.05, 3.63) is 36.7 Å². The second-order valence-electron chi connectivity index (χ2n) is 6.66. The highest BCUT2D eigenvalue weighted by molar-refractivity contribution is 5.26. The molecule has 0 saturated heterocycles. The van der Waals surface area contributed by atoms with Gasteiger partial charge in [-0.25, -0.2) is 4.98 Å². The van der Waals surface area contributed by atoms with Gasteiger partial charge in [0.15, 0.2) is 0 Å². The molecule has 2 atom stereocenters. The summed E-state index contributed by atoms with van der Waals surface area (Å²) in [6, 6.07) is 2.04. The zero-order chi connectivity index (χ0) is 16.2. The lowest BCUT2D eigenvalue weighted by atomic mass is 9.78. The van der Waals surface area contributed by atoms with Crippen LogP contribution in [0.2, 0.25) is 0 Å². The highest BCUT2D eigenvalue weighted by Crippen LogP contribution is 2.38. The Balaban J connectivity index is 1.72. The van der Waals surface area contributed by atoms with E-state index in [4.69, 9.17) is 4.74 Å². The van der Waals surface area contributed by atoms with Crippen LogP contribution in [-0.2, 0) is 0 Å². The van der Waals surface area contributed by atoms with Gasteiger partial charge in [-0.3, -0.25) is 4.98 Å². The van der Waals surface area contributed by atoms with Gasteiger partial charge >= 0.3 is 0 Å². The molecule has 0 spiro atoms. The number of imidazole rings is 1. The molecule has 0 aromatic carbocycles. The first-order valence-electron chi connectivity index (χ1n) is 8.43. The minimum atomic E-state index is 0.139. The highest BCUT2D eigenvalue weighted by atomic mass is 16.5. The van der Waals surface area contributed by atoms with E-state index in [9.17, 15) is 5.11 Å². The standard InChI is InChI=1S/C18H25N3O2/c1-13(2)21-12-20-10-18(21)17-6-4-3-5-14(17)11-23-16-7-15(22)8-19-9-16/h7-10,12-14,17,22H,3-6,11H2,1-2H3. The van der Waals surface area contributed by atoms with Gasteiger partial charge in [0.25, 0.3) is 0 Å². The summed E-state index contributed by atoms with van der Waals surface area (Å²) in [5.74, 6) is 1.73. The van der Waals surface area contributed by atoms with Crippen LogP contribution in [0.4, 0.5) is 0 Å². The third kappa shape index (κ3) is 3.66. The number of hydrogen-bond acceptors (Lipinski definition) is 4. The molecule has 1 aliphatic carbocycles. The Labute approximate surface area is 137 Å². The molecule has 1 N–H and O–H groups in total. The van der Waals surface area contributed by atoms with Gasteiger partial charge in [0.2, 0.25) is 0 Å². The zero-order valence-corrected chi connectivity index (χ0v) is 13.9. The minimum absolute atomic E-state index is 0.139. The Kier molecular flexibility index (Phi) is 4.84. The van der Waals surface area contributed by atoms with E-state index in [1.807, 2.05) is 12.5 Å². The maximum Gasteiger partial charge on any atom is 0.141 e. The van der Waals surface area contributed by atoms with Gasteiger partial charge in [-0.05, 0) is 26.7 Å². The van der Waals surface area contributed by atoms with Gasteiger partial charge in [-0.2, -0.15) is 0 Å². The molecule has 0 aliphatic heterocycles. The summed E-state index contributed by atoms with van der Waals surface area (Å²) in [5, 5.41) is 9.50. The van der Waals surface area contributed by atoms with Gasteiger partial charge < -0.3 is 14.4 Å². The number of aromatic nitrogens is 3. The van der Waals surface area contributed by atoms with Gasteiger partial charge in [0.05, 0.1) is 25.3 Å². The van der Waals surface area contributed by atoms with E-state index >= 15 is 0 Å². The fraction of sp³-hybridized carbons (Fsp3) is 0.556. The summed E-state index contributed by atoms with van der Waals surface area (Å²) in [4.78, 5) is 8.33. The van der Waals surface area contributed by atoms with Crippen LogP contribution in [0, 0.1) is 5.92 Å². The average Bonchev–Trinajstić information content (AvgIpc) is 3.03. The second kappa shape index (κ2) is 7.02. The lowest BCUT2D eigenvalue weighted by Gasteiger charge is -2.32. The first-order chi connectivity index (χ1) is 11.1. The molecular weight excluding hydrogens is 290 g/mol. The van der Waals surface area contributed by atoms with E-state index in [2.05, 4.69) is 28.4 Å². The van der Waals surface area contributed by atoms with Crippen LogP contribution in [0.15, 0.2) is 31.0 Å². The largest absolute Gasteiger partial charge is 0.506 e. The van der Waals surface area contributed by atoms with Crippen LogP contribution in [0.25, 0.3) is 0 Å². The zero-order valence-electron chi connectivity index (χ0n) is 13.9. The summed E-state index contributed by atoms with van der Waals surface area (Å²) in [6.45, 7) is 5.04. The minimum Gasteiger partial charge on any atom is -0.506 e. The Morgan fingerprint density at radius 1 is 1.22 bits per heavy atom. The molecule has 124 valence electrons. The van der Waals surface area contributed by atoms with Crippen LogP contribution in [-0.4, -0.2) is 26.2 Å². The molecule has 2 aromatic heterocycles. The third-order valence-corrected chi connectivity index (χ3v) is 4.70. The van der Waals surface area contributed by atoms with Crippen LogP contribution in [0.3, 0.4) is 0 Å². The molecule has 0 radical (unpaired) electrons. The highest BCUT2D eigenvalue weighted by Gasteiger charge is 2.29. The van der Waals surface area contributed by atoms with Crippen molar-refractivity contribution >= 4 is 0 Å². The maximum atomic E-state index is 9.50. The lowest BCUT2D eigenvalue weighted by molar-refractivity contribution is 0.181. The number of pyridine rings is 1. The summed E-state index contributed by atoms with van der Waals surface area (Å²) >= 11 is 0. The SMILES string of the molecule is CC(C)n1cncc1C1CCCCC1COc1cncc(O)c1. The molecule has 1 saturated carbocycles. The monoisotopic (exact) mass is 315 g/mol. The van der Waals surface area contributed by atoms with Crippen LogP contribution < -0.4 is 4.74 Å². The third-order valence-electron chi connectivity index (χ3n) is 4.70. The van der Waals surface area contributed by atoms with Crippen LogP contribution in [0.1, 0.15) is 57.2 Å². The van der Waals surface area contributed by atoms with Crippen molar-refractivity contribution in [3.8, 4) is 11.5 Å². The molecule has 5 heteroatoms.